The van der Waals surface area contributed by atoms with E-state index >= 15 is 0 Å². The maximum absolute atomic E-state index is 12.6. The van der Waals surface area contributed by atoms with Crippen LogP contribution in [0, 0.1) is 17.8 Å². The fourth-order valence-corrected chi connectivity index (χ4v) is 8.35. The SMILES string of the molecule is CCCCC[C@H](O)/C=C/[C@@H]1[C@@H](C/C=C/CCCC(=O)O[C@H](COC(=O)CCCCCCCCCCCCCCCCCCCCC(C)CC)COP(=O)(O)O)[C@@H](O)C[C@H]1O. The standard InChI is InChI=1S/C48H89O11P/c1-4-6-25-31-41(49)35-36-44-43(45(50)37-46(44)51)32-27-23-24-29-34-48(53)59-42(39-58-60(54,55)56)38-57-47(52)33-28-22-20-18-16-14-12-10-8-7-9-11-13-15-17-19-21-26-30-40(3)5-2/h23,27,35-36,40-46,49-51H,4-22,24-26,28-34,37-39H2,1-3H3,(H2,54,55,56)/b27-23+,36-35+/t40?,41-,42+,43+,44+,45-,46+/m0/s1. The lowest BCUT2D eigenvalue weighted by molar-refractivity contribution is -0.161. The Hall–Kier alpha value is -1.59. The first-order chi connectivity index (χ1) is 28.9. The number of hydrogen-bond donors (Lipinski definition) is 5. The molecule has 11 nitrogen and oxygen atoms in total. The van der Waals surface area contributed by atoms with Gasteiger partial charge in [-0.3, -0.25) is 14.1 Å². The molecule has 1 rings (SSSR count). The summed E-state index contributed by atoms with van der Waals surface area (Å²) in [5, 5.41) is 31.2. The third-order valence-electron chi connectivity index (χ3n) is 12.1. The normalized spacial score (nSPS) is 19.9. The molecular weight excluding hydrogens is 783 g/mol. The van der Waals surface area contributed by atoms with Crippen molar-refractivity contribution in [2.24, 2.45) is 17.8 Å². The topological polar surface area (TPSA) is 180 Å². The summed E-state index contributed by atoms with van der Waals surface area (Å²) >= 11 is 0. The van der Waals surface area contributed by atoms with Crippen molar-refractivity contribution in [2.45, 2.75) is 238 Å². The highest BCUT2D eigenvalue weighted by atomic mass is 31.2. The van der Waals surface area contributed by atoms with Crippen molar-refractivity contribution >= 4 is 19.8 Å². The van der Waals surface area contributed by atoms with E-state index in [4.69, 9.17) is 19.3 Å². The van der Waals surface area contributed by atoms with Gasteiger partial charge >= 0.3 is 19.8 Å². The van der Waals surface area contributed by atoms with Crippen molar-refractivity contribution in [2.75, 3.05) is 13.2 Å². The lowest BCUT2D eigenvalue weighted by atomic mass is 9.89. The van der Waals surface area contributed by atoms with Crippen LogP contribution in [-0.4, -0.2) is 74.7 Å². The average molecular weight is 873 g/mol. The molecule has 60 heavy (non-hydrogen) atoms. The zero-order valence-electron chi connectivity index (χ0n) is 38.1. The lowest BCUT2D eigenvalue weighted by Gasteiger charge is -2.19. The number of aliphatic hydroxyl groups excluding tert-OH is 3. The fraction of sp³-hybridized carbons (Fsp3) is 0.875. The largest absolute Gasteiger partial charge is 0.469 e. The van der Waals surface area contributed by atoms with Crippen LogP contribution in [0.25, 0.3) is 0 Å². The highest BCUT2D eigenvalue weighted by Crippen LogP contribution is 2.37. The molecule has 0 radical (unpaired) electrons. The number of ether oxygens (including phenoxy) is 2. The second-order valence-electron chi connectivity index (χ2n) is 17.7. The van der Waals surface area contributed by atoms with Crippen LogP contribution >= 0.6 is 7.82 Å². The summed E-state index contributed by atoms with van der Waals surface area (Å²) in [6.45, 7) is 5.80. The molecule has 0 saturated heterocycles. The number of hydrogen-bond acceptors (Lipinski definition) is 9. The number of rotatable bonds is 40. The number of unbranched alkanes of at least 4 members (excludes halogenated alkanes) is 20. The third kappa shape index (κ3) is 32.1. The molecule has 7 atom stereocenters. The van der Waals surface area contributed by atoms with E-state index < -0.39 is 50.8 Å². The van der Waals surface area contributed by atoms with E-state index in [0.717, 1.165) is 44.4 Å². The molecule has 352 valence electrons. The second-order valence-corrected chi connectivity index (χ2v) is 18.9. The maximum atomic E-state index is 12.6. The van der Waals surface area contributed by atoms with E-state index in [1.165, 1.54) is 103 Å². The van der Waals surface area contributed by atoms with E-state index in [2.05, 4.69) is 25.3 Å². The van der Waals surface area contributed by atoms with Gasteiger partial charge in [-0.2, -0.15) is 0 Å². The van der Waals surface area contributed by atoms with Gasteiger partial charge in [0.15, 0.2) is 6.10 Å². The Morgan fingerprint density at radius 3 is 1.77 bits per heavy atom. The molecule has 5 N–H and O–H groups in total. The Labute approximate surface area is 365 Å². The third-order valence-corrected chi connectivity index (χ3v) is 12.6. The highest BCUT2D eigenvalue weighted by molar-refractivity contribution is 7.46. The molecule has 1 saturated carbocycles. The summed E-state index contributed by atoms with van der Waals surface area (Å²) in [6.07, 6.45) is 35.7. The molecular formula is C48H89O11P. The lowest BCUT2D eigenvalue weighted by Crippen LogP contribution is -2.29. The highest BCUT2D eigenvalue weighted by Gasteiger charge is 2.39. The number of allylic oxidation sites excluding steroid dienone is 2. The van der Waals surface area contributed by atoms with Gasteiger partial charge in [-0.15, -0.1) is 0 Å². The molecule has 0 aliphatic heterocycles. The van der Waals surface area contributed by atoms with Crippen LogP contribution in [0.4, 0.5) is 0 Å². The zero-order chi connectivity index (χ0) is 44.3. The molecule has 0 bridgehead atoms. The van der Waals surface area contributed by atoms with Crippen molar-refractivity contribution in [3.63, 3.8) is 0 Å². The van der Waals surface area contributed by atoms with Crippen LogP contribution < -0.4 is 0 Å². The zero-order valence-corrected chi connectivity index (χ0v) is 39.0. The summed E-state index contributed by atoms with van der Waals surface area (Å²) in [7, 11) is -4.83. The van der Waals surface area contributed by atoms with Crippen LogP contribution in [0.15, 0.2) is 24.3 Å². The van der Waals surface area contributed by atoms with E-state index in [1.54, 1.807) is 6.08 Å². The van der Waals surface area contributed by atoms with Gasteiger partial charge in [0.25, 0.3) is 0 Å². The summed E-state index contributed by atoms with van der Waals surface area (Å²) < 4.78 is 26.5. The van der Waals surface area contributed by atoms with Crippen molar-refractivity contribution in [3.05, 3.63) is 24.3 Å². The van der Waals surface area contributed by atoms with Crippen LogP contribution in [0.5, 0.6) is 0 Å². The number of phosphoric acid groups is 1. The van der Waals surface area contributed by atoms with Crippen LogP contribution in [-0.2, 0) is 28.2 Å². The molecule has 0 spiro atoms. The van der Waals surface area contributed by atoms with Crippen molar-refractivity contribution in [1.82, 2.24) is 0 Å². The molecule has 0 aromatic carbocycles. The minimum Gasteiger partial charge on any atom is -0.462 e. The number of esters is 2. The predicted octanol–water partition coefficient (Wildman–Crippen LogP) is 11.4. The quantitative estimate of drug-likeness (QED) is 0.0171. The number of phosphoric ester groups is 1. The Morgan fingerprint density at radius 1 is 0.683 bits per heavy atom. The molecule has 1 aliphatic carbocycles. The first-order valence-electron chi connectivity index (χ1n) is 24.3. The molecule has 0 heterocycles. The first-order valence-corrected chi connectivity index (χ1v) is 25.8. The van der Waals surface area contributed by atoms with E-state index in [1.807, 2.05) is 18.2 Å². The van der Waals surface area contributed by atoms with Gasteiger partial charge in [-0.25, -0.2) is 4.57 Å². The Kier molecular flexibility index (Phi) is 34.7. The summed E-state index contributed by atoms with van der Waals surface area (Å²) in [4.78, 5) is 43.2. The molecule has 0 aromatic heterocycles. The Balaban J connectivity index is 2.18. The van der Waals surface area contributed by atoms with Crippen molar-refractivity contribution in [1.29, 1.82) is 0 Å². The van der Waals surface area contributed by atoms with Gasteiger partial charge in [-0.05, 0) is 43.9 Å². The van der Waals surface area contributed by atoms with Crippen LogP contribution in [0.2, 0.25) is 0 Å². The predicted molar refractivity (Wildman–Crippen MR) is 241 cm³/mol. The number of carbonyl (C=O) groups is 2. The first kappa shape index (κ1) is 56.4. The Bertz CT molecular complexity index is 1160. The van der Waals surface area contributed by atoms with Gasteiger partial charge < -0.3 is 34.6 Å². The average Bonchev–Trinajstić information content (AvgIpc) is 3.48. The van der Waals surface area contributed by atoms with Crippen LogP contribution in [0.3, 0.4) is 0 Å². The summed E-state index contributed by atoms with van der Waals surface area (Å²) in [5.41, 5.74) is 0. The smallest absolute Gasteiger partial charge is 0.462 e. The second kappa shape index (κ2) is 36.8. The van der Waals surface area contributed by atoms with Gasteiger partial charge in [0.1, 0.15) is 6.61 Å². The van der Waals surface area contributed by atoms with Gasteiger partial charge in [0.05, 0.1) is 24.9 Å². The molecule has 12 heteroatoms. The number of carbonyl (C=O) groups excluding carboxylic acids is 2. The minimum absolute atomic E-state index is 0.0375. The molecule has 1 fully saturated rings. The monoisotopic (exact) mass is 873 g/mol. The molecule has 0 aromatic rings. The molecule has 1 aliphatic rings. The molecule has 1 unspecified atom stereocenters. The fourth-order valence-electron chi connectivity index (χ4n) is 7.99. The van der Waals surface area contributed by atoms with Crippen LogP contribution in [0.1, 0.15) is 213 Å². The summed E-state index contributed by atoms with van der Waals surface area (Å²) in [6, 6.07) is 0. The number of aliphatic hydroxyl groups is 3. The van der Waals surface area contributed by atoms with E-state index in [9.17, 15) is 29.5 Å². The van der Waals surface area contributed by atoms with Gasteiger partial charge in [-0.1, -0.05) is 186 Å². The summed E-state index contributed by atoms with van der Waals surface area (Å²) in [5.74, 6) is -0.600. The minimum atomic E-state index is -4.83. The Morgan fingerprint density at radius 2 is 1.22 bits per heavy atom. The maximum Gasteiger partial charge on any atom is 0.469 e. The van der Waals surface area contributed by atoms with Gasteiger partial charge in [0, 0.05) is 25.2 Å². The van der Waals surface area contributed by atoms with E-state index in [-0.39, 0.29) is 37.7 Å². The van der Waals surface area contributed by atoms with Crippen molar-refractivity contribution < 1.29 is 53.3 Å². The van der Waals surface area contributed by atoms with E-state index in [0.29, 0.717) is 32.1 Å². The van der Waals surface area contributed by atoms with Crippen molar-refractivity contribution in [3.8, 4) is 0 Å². The molecule has 0 amide bonds. The van der Waals surface area contributed by atoms with Gasteiger partial charge in [0.2, 0.25) is 0 Å².